The largest absolute Gasteiger partial charge is 0.432 e. The van der Waals surface area contributed by atoms with Crippen LogP contribution in [-0.2, 0) is 6.54 Å². The number of nitrogens with two attached hydrogens (primary N) is 1. The molecule has 0 unspecified atom stereocenters. The van der Waals surface area contributed by atoms with E-state index in [9.17, 15) is 0 Å². The summed E-state index contributed by atoms with van der Waals surface area (Å²) in [6.07, 6.45) is 5.29. The molecule has 0 radical (unpaired) electrons. The van der Waals surface area contributed by atoms with Crippen molar-refractivity contribution >= 4 is 6.01 Å². The molecule has 0 atom stereocenters. The van der Waals surface area contributed by atoms with Crippen molar-refractivity contribution in [1.29, 1.82) is 0 Å². The molecule has 1 heterocycles. The summed E-state index contributed by atoms with van der Waals surface area (Å²) in [5, 5.41) is 0. The lowest BCUT2D eigenvalue weighted by Gasteiger charge is -2.24. The Morgan fingerprint density at radius 2 is 2.19 bits per heavy atom. The molecule has 0 aliphatic carbocycles. The second-order valence-electron chi connectivity index (χ2n) is 4.32. The lowest BCUT2D eigenvalue weighted by Crippen LogP contribution is -2.32. The maximum absolute atomic E-state index is 5.52. The molecule has 0 aliphatic rings. The zero-order valence-electron chi connectivity index (χ0n) is 10.6. The van der Waals surface area contributed by atoms with Crippen LogP contribution >= 0.6 is 0 Å². The Kier molecular flexibility index (Phi) is 5.32. The Labute approximate surface area is 97.8 Å². The van der Waals surface area contributed by atoms with Crippen LogP contribution in [0.25, 0.3) is 0 Å². The first-order valence-corrected chi connectivity index (χ1v) is 6.10. The summed E-state index contributed by atoms with van der Waals surface area (Å²) in [5.41, 5.74) is 6.34. The molecule has 4 nitrogen and oxygen atoms in total. The third-order valence-electron chi connectivity index (χ3n) is 2.62. The quantitative estimate of drug-likeness (QED) is 0.724. The van der Waals surface area contributed by atoms with E-state index in [0.717, 1.165) is 12.2 Å². The van der Waals surface area contributed by atoms with E-state index in [-0.39, 0.29) is 0 Å². The highest BCUT2D eigenvalue weighted by Gasteiger charge is 2.15. The summed E-state index contributed by atoms with van der Waals surface area (Å²) in [6, 6.07) is 1.10. The average Bonchev–Trinajstić information content (AvgIpc) is 2.72. The Morgan fingerprint density at radius 1 is 1.44 bits per heavy atom. The zero-order chi connectivity index (χ0) is 12.0. The Morgan fingerprint density at radius 3 is 2.69 bits per heavy atom. The normalized spacial score (nSPS) is 11.1. The molecule has 0 bridgehead atoms. The minimum Gasteiger partial charge on any atom is -0.432 e. The van der Waals surface area contributed by atoms with E-state index in [4.69, 9.17) is 10.2 Å². The summed E-state index contributed by atoms with van der Waals surface area (Å²) in [4.78, 5) is 6.55. The van der Waals surface area contributed by atoms with Crippen molar-refractivity contribution in [3.63, 3.8) is 0 Å². The van der Waals surface area contributed by atoms with Crippen LogP contribution in [0.2, 0.25) is 0 Å². The van der Waals surface area contributed by atoms with Crippen LogP contribution in [0.15, 0.2) is 10.7 Å². The van der Waals surface area contributed by atoms with Gasteiger partial charge in [0.15, 0.2) is 0 Å². The lowest BCUT2D eigenvalue weighted by atomic mass is 10.2. The molecule has 16 heavy (non-hydrogen) atoms. The first-order valence-electron chi connectivity index (χ1n) is 6.10. The van der Waals surface area contributed by atoms with Gasteiger partial charge >= 0.3 is 0 Å². The van der Waals surface area contributed by atoms with Crippen molar-refractivity contribution in [2.75, 3.05) is 11.4 Å². The van der Waals surface area contributed by atoms with Crippen LogP contribution in [0, 0.1) is 0 Å². The highest BCUT2D eigenvalue weighted by atomic mass is 16.4. The van der Waals surface area contributed by atoms with Crippen LogP contribution in [0.1, 0.15) is 45.7 Å². The maximum atomic E-state index is 5.52. The van der Waals surface area contributed by atoms with E-state index >= 15 is 0 Å². The standard InChI is InChI=1S/C12H23N3O/c1-4-5-6-7-15(10(2)3)12-14-11(8-13)9-16-12/h9-10H,4-8,13H2,1-3H3. The molecule has 0 spiro atoms. The van der Waals surface area contributed by atoms with E-state index in [1.807, 2.05) is 0 Å². The molecule has 0 saturated heterocycles. The molecule has 1 aromatic heterocycles. The van der Waals surface area contributed by atoms with Crippen LogP contribution in [0.5, 0.6) is 0 Å². The number of hydrogen-bond acceptors (Lipinski definition) is 4. The highest BCUT2D eigenvalue weighted by molar-refractivity contribution is 5.28. The van der Waals surface area contributed by atoms with Crippen LogP contribution < -0.4 is 10.6 Å². The SMILES string of the molecule is CCCCCN(c1nc(CN)co1)C(C)C. The van der Waals surface area contributed by atoms with Gasteiger partial charge in [-0.3, -0.25) is 0 Å². The third kappa shape index (κ3) is 3.52. The first kappa shape index (κ1) is 13.0. The summed E-state index contributed by atoms with van der Waals surface area (Å²) in [5.74, 6) is 0. The van der Waals surface area contributed by atoms with E-state index in [0.29, 0.717) is 18.6 Å². The topological polar surface area (TPSA) is 55.3 Å². The molecule has 4 heteroatoms. The van der Waals surface area contributed by atoms with Gasteiger partial charge in [0.25, 0.3) is 6.01 Å². The molecule has 2 N–H and O–H groups in total. The van der Waals surface area contributed by atoms with Gasteiger partial charge in [0.2, 0.25) is 0 Å². The minimum absolute atomic E-state index is 0.404. The Bertz CT molecular complexity index is 296. The number of anilines is 1. The van der Waals surface area contributed by atoms with Gasteiger partial charge in [0.1, 0.15) is 6.26 Å². The number of unbranched alkanes of at least 4 members (excludes halogenated alkanes) is 2. The molecule has 0 amide bonds. The molecule has 0 fully saturated rings. The second kappa shape index (κ2) is 6.53. The first-order chi connectivity index (χ1) is 7.69. The molecule has 0 saturated carbocycles. The van der Waals surface area contributed by atoms with Crippen molar-refractivity contribution in [3.05, 3.63) is 12.0 Å². The van der Waals surface area contributed by atoms with E-state index in [1.165, 1.54) is 19.3 Å². The van der Waals surface area contributed by atoms with Crippen LogP contribution in [0.4, 0.5) is 6.01 Å². The van der Waals surface area contributed by atoms with Gasteiger partial charge in [-0.1, -0.05) is 19.8 Å². The fourth-order valence-electron chi connectivity index (χ4n) is 1.63. The molecule has 0 aliphatic heterocycles. The fraction of sp³-hybridized carbons (Fsp3) is 0.750. The van der Waals surface area contributed by atoms with Crippen molar-refractivity contribution in [2.24, 2.45) is 5.73 Å². The molecule has 1 rings (SSSR count). The molecule has 0 aromatic carbocycles. The third-order valence-corrected chi connectivity index (χ3v) is 2.62. The Hall–Kier alpha value is -1.03. The predicted octanol–water partition coefficient (Wildman–Crippen LogP) is 2.54. The van der Waals surface area contributed by atoms with E-state index in [1.54, 1.807) is 6.26 Å². The van der Waals surface area contributed by atoms with Crippen LogP contribution in [-0.4, -0.2) is 17.6 Å². The summed E-state index contributed by atoms with van der Waals surface area (Å²) in [6.45, 7) is 7.94. The number of oxazole rings is 1. The smallest absolute Gasteiger partial charge is 0.297 e. The van der Waals surface area contributed by atoms with Crippen LogP contribution in [0.3, 0.4) is 0 Å². The summed E-state index contributed by atoms with van der Waals surface area (Å²) in [7, 11) is 0. The monoisotopic (exact) mass is 225 g/mol. The van der Waals surface area contributed by atoms with Crippen molar-refractivity contribution in [2.45, 2.75) is 52.6 Å². The second-order valence-corrected chi connectivity index (χ2v) is 4.32. The van der Waals surface area contributed by atoms with Gasteiger partial charge in [0, 0.05) is 19.1 Å². The van der Waals surface area contributed by atoms with Crippen molar-refractivity contribution in [1.82, 2.24) is 4.98 Å². The number of hydrogen-bond donors (Lipinski definition) is 1. The van der Waals surface area contributed by atoms with E-state index < -0.39 is 0 Å². The summed E-state index contributed by atoms with van der Waals surface area (Å²) >= 11 is 0. The summed E-state index contributed by atoms with van der Waals surface area (Å²) < 4.78 is 5.44. The van der Waals surface area contributed by atoms with Gasteiger partial charge in [-0.25, -0.2) is 0 Å². The average molecular weight is 225 g/mol. The predicted molar refractivity (Wildman–Crippen MR) is 66.4 cm³/mol. The van der Waals surface area contributed by atoms with E-state index in [2.05, 4.69) is 30.7 Å². The van der Waals surface area contributed by atoms with Gasteiger partial charge in [-0.2, -0.15) is 4.98 Å². The van der Waals surface area contributed by atoms with Crippen molar-refractivity contribution < 1.29 is 4.42 Å². The molecule has 1 aromatic rings. The zero-order valence-corrected chi connectivity index (χ0v) is 10.6. The van der Waals surface area contributed by atoms with Gasteiger partial charge < -0.3 is 15.1 Å². The van der Waals surface area contributed by atoms with Crippen molar-refractivity contribution in [3.8, 4) is 0 Å². The highest BCUT2D eigenvalue weighted by Crippen LogP contribution is 2.17. The van der Waals surface area contributed by atoms with Gasteiger partial charge in [0.05, 0.1) is 5.69 Å². The number of rotatable bonds is 7. The number of aromatic nitrogens is 1. The fourth-order valence-corrected chi connectivity index (χ4v) is 1.63. The van der Waals surface area contributed by atoms with Gasteiger partial charge in [-0.15, -0.1) is 0 Å². The minimum atomic E-state index is 0.404. The number of nitrogens with zero attached hydrogens (tertiary/aromatic N) is 2. The molecule has 92 valence electrons. The Balaban J connectivity index is 2.61. The van der Waals surface area contributed by atoms with Gasteiger partial charge in [-0.05, 0) is 20.3 Å². The maximum Gasteiger partial charge on any atom is 0.297 e. The lowest BCUT2D eigenvalue weighted by molar-refractivity contribution is 0.502. The molecular formula is C12H23N3O. The molecular weight excluding hydrogens is 202 g/mol.